The number of piperidine rings is 1. The number of H-pyrrole nitrogens is 1. The van der Waals surface area contributed by atoms with Crippen LogP contribution in [0.5, 0.6) is 0 Å². The van der Waals surface area contributed by atoms with E-state index >= 15 is 0 Å². The molecule has 8 nitrogen and oxygen atoms in total. The molecule has 2 aliphatic rings. The number of benzene rings is 1. The van der Waals surface area contributed by atoms with E-state index in [1.807, 2.05) is 12.4 Å². The molecule has 6 rings (SSSR count). The largest absolute Gasteiger partial charge is 0.371 e. The van der Waals surface area contributed by atoms with E-state index in [1.54, 1.807) is 17.7 Å². The number of ether oxygens (including phenoxy) is 1. The SMILES string of the molecule is CN1CCC(N(C)C(c2cc3cncnc3s2)N2CCOC(c3cccc4[nH]ncc34)C2)CC1. The van der Waals surface area contributed by atoms with Crippen LogP contribution in [0.3, 0.4) is 0 Å². The molecule has 2 atom stereocenters. The van der Waals surface area contributed by atoms with Gasteiger partial charge in [-0.3, -0.25) is 14.9 Å². The van der Waals surface area contributed by atoms with Crippen molar-refractivity contribution in [3.05, 3.63) is 53.4 Å². The van der Waals surface area contributed by atoms with Crippen molar-refractivity contribution < 1.29 is 4.74 Å². The minimum absolute atomic E-state index is 0.0117. The maximum absolute atomic E-state index is 6.33. The molecule has 178 valence electrons. The lowest BCUT2D eigenvalue weighted by Crippen LogP contribution is -2.51. The molecule has 0 radical (unpaired) electrons. The van der Waals surface area contributed by atoms with Crippen LogP contribution in [0.1, 0.15) is 35.6 Å². The third-order valence-corrected chi connectivity index (χ3v) is 8.53. The maximum atomic E-state index is 6.33. The summed E-state index contributed by atoms with van der Waals surface area (Å²) in [5.74, 6) is 0. The van der Waals surface area contributed by atoms with Crippen LogP contribution >= 0.6 is 11.3 Å². The molecule has 0 amide bonds. The van der Waals surface area contributed by atoms with Crippen molar-refractivity contribution in [1.29, 1.82) is 0 Å². The summed E-state index contributed by atoms with van der Waals surface area (Å²) in [5.41, 5.74) is 2.26. The van der Waals surface area contributed by atoms with Crippen molar-refractivity contribution in [3.8, 4) is 0 Å². The monoisotopic (exact) mass is 477 g/mol. The highest BCUT2D eigenvalue weighted by Gasteiger charge is 2.35. The standard InChI is InChI=1S/C25H31N7OS/c1-30-8-6-18(7-9-30)31(2)25(23-12-17-13-26-16-27-24(17)34-23)32-10-11-33-22(15-32)19-4-3-5-21-20(19)14-28-29-21/h3-5,12-14,16,18,22,25H,6-11,15H2,1-2H3,(H,28,29). The van der Waals surface area contributed by atoms with E-state index in [9.17, 15) is 0 Å². The van der Waals surface area contributed by atoms with Crippen LogP contribution in [0.25, 0.3) is 21.1 Å². The number of rotatable bonds is 5. The quantitative estimate of drug-likeness (QED) is 0.470. The maximum Gasteiger partial charge on any atom is 0.127 e. The van der Waals surface area contributed by atoms with Crippen LogP contribution in [0, 0.1) is 0 Å². The number of hydrogen-bond donors (Lipinski definition) is 1. The molecular weight excluding hydrogens is 446 g/mol. The highest BCUT2D eigenvalue weighted by Crippen LogP contribution is 2.38. The molecule has 0 aliphatic carbocycles. The number of thiophene rings is 1. The van der Waals surface area contributed by atoms with Crippen LogP contribution < -0.4 is 0 Å². The number of nitrogens with zero attached hydrogens (tertiary/aromatic N) is 6. The summed E-state index contributed by atoms with van der Waals surface area (Å²) in [4.78, 5) is 18.8. The molecule has 2 unspecified atom stereocenters. The Morgan fingerprint density at radius 2 is 2.09 bits per heavy atom. The zero-order valence-corrected chi connectivity index (χ0v) is 20.5. The zero-order chi connectivity index (χ0) is 23.1. The lowest BCUT2D eigenvalue weighted by molar-refractivity contribution is -0.0829. The molecule has 2 saturated heterocycles. The Morgan fingerprint density at radius 1 is 1.21 bits per heavy atom. The molecule has 1 N–H and O–H groups in total. The highest BCUT2D eigenvalue weighted by molar-refractivity contribution is 7.18. The van der Waals surface area contributed by atoms with Gasteiger partial charge in [0.1, 0.15) is 11.2 Å². The molecule has 9 heteroatoms. The summed E-state index contributed by atoms with van der Waals surface area (Å²) in [6, 6.07) is 9.18. The van der Waals surface area contributed by atoms with Crippen LogP contribution in [-0.4, -0.2) is 87.8 Å². The summed E-state index contributed by atoms with van der Waals surface area (Å²) in [7, 11) is 4.53. The summed E-state index contributed by atoms with van der Waals surface area (Å²) in [5, 5.41) is 9.62. The van der Waals surface area contributed by atoms with Gasteiger partial charge in [-0.2, -0.15) is 5.10 Å². The molecule has 1 aromatic carbocycles. The molecule has 0 spiro atoms. The van der Waals surface area contributed by atoms with Gasteiger partial charge in [-0.05, 0) is 57.7 Å². The van der Waals surface area contributed by atoms with E-state index in [4.69, 9.17) is 4.74 Å². The average Bonchev–Trinajstić information content (AvgIpc) is 3.51. The number of nitrogens with one attached hydrogen (secondary N) is 1. The van der Waals surface area contributed by atoms with Crippen molar-refractivity contribution in [1.82, 2.24) is 34.9 Å². The average molecular weight is 478 g/mol. The minimum Gasteiger partial charge on any atom is -0.371 e. The van der Waals surface area contributed by atoms with Gasteiger partial charge in [0.2, 0.25) is 0 Å². The molecule has 2 fully saturated rings. The highest BCUT2D eigenvalue weighted by atomic mass is 32.1. The summed E-state index contributed by atoms with van der Waals surface area (Å²) in [6.45, 7) is 4.74. The van der Waals surface area contributed by atoms with Gasteiger partial charge in [-0.25, -0.2) is 9.97 Å². The van der Waals surface area contributed by atoms with Gasteiger partial charge < -0.3 is 9.64 Å². The molecule has 0 saturated carbocycles. The first-order chi connectivity index (χ1) is 16.7. The Kier molecular flexibility index (Phi) is 6.04. The van der Waals surface area contributed by atoms with Crippen LogP contribution in [-0.2, 0) is 4.74 Å². The fourth-order valence-corrected chi connectivity index (χ4v) is 6.69. The van der Waals surface area contributed by atoms with Crippen LogP contribution in [0.2, 0.25) is 0 Å². The second-order valence-electron chi connectivity index (χ2n) is 9.54. The van der Waals surface area contributed by atoms with Gasteiger partial charge in [-0.1, -0.05) is 12.1 Å². The molecule has 4 aromatic rings. The minimum atomic E-state index is 0.0117. The van der Waals surface area contributed by atoms with Crippen molar-refractivity contribution in [2.45, 2.75) is 31.2 Å². The summed E-state index contributed by atoms with van der Waals surface area (Å²) < 4.78 is 6.33. The first-order valence-corrected chi connectivity index (χ1v) is 12.9. The first kappa shape index (κ1) is 22.1. The second-order valence-corrected chi connectivity index (χ2v) is 10.6. The van der Waals surface area contributed by atoms with Gasteiger partial charge in [0.15, 0.2) is 0 Å². The van der Waals surface area contributed by atoms with Crippen LogP contribution in [0.15, 0.2) is 43.0 Å². The van der Waals surface area contributed by atoms with Gasteiger partial charge in [0.25, 0.3) is 0 Å². The fourth-order valence-electron chi connectivity index (χ4n) is 5.53. The van der Waals surface area contributed by atoms with Gasteiger partial charge in [0.05, 0.1) is 30.6 Å². The van der Waals surface area contributed by atoms with E-state index < -0.39 is 0 Å². The van der Waals surface area contributed by atoms with Gasteiger partial charge in [-0.15, -0.1) is 11.3 Å². The Hall–Kier alpha value is -2.43. The van der Waals surface area contributed by atoms with E-state index in [2.05, 4.69) is 73.2 Å². The molecule has 0 bridgehead atoms. The molecule has 2 aliphatic heterocycles. The smallest absolute Gasteiger partial charge is 0.127 e. The normalized spacial score (nSPS) is 22.1. The van der Waals surface area contributed by atoms with Crippen molar-refractivity contribution >= 4 is 32.5 Å². The summed E-state index contributed by atoms with van der Waals surface area (Å²) in [6.07, 6.45) is 8.07. The molecule has 34 heavy (non-hydrogen) atoms. The third-order valence-electron chi connectivity index (χ3n) is 7.43. The number of aromatic amines is 1. The summed E-state index contributed by atoms with van der Waals surface area (Å²) >= 11 is 1.79. The topological polar surface area (TPSA) is 73.4 Å². The van der Waals surface area contributed by atoms with Crippen molar-refractivity contribution in [3.63, 3.8) is 0 Å². The van der Waals surface area contributed by atoms with Crippen molar-refractivity contribution in [2.24, 2.45) is 0 Å². The van der Waals surface area contributed by atoms with Gasteiger partial charge in [0, 0.05) is 41.0 Å². The number of hydrogen-bond acceptors (Lipinski definition) is 8. The first-order valence-electron chi connectivity index (χ1n) is 12.0. The van der Waals surface area contributed by atoms with E-state index in [0.717, 1.165) is 47.3 Å². The Balaban J connectivity index is 1.34. The zero-order valence-electron chi connectivity index (χ0n) is 19.7. The van der Waals surface area contributed by atoms with Crippen molar-refractivity contribution in [2.75, 3.05) is 46.9 Å². The molecule has 3 aromatic heterocycles. The van der Waals surface area contributed by atoms with E-state index in [0.29, 0.717) is 12.6 Å². The fraction of sp³-hybridized carbons (Fsp3) is 0.480. The predicted octanol–water partition coefficient (Wildman–Crippen LogP) is 3.67. The number of fused-ring (bicyclic) bond motifs is 2. The van der Waals surface area contributed by atoms with Crippen LogP contribution in [0.4, 0.5) is 0 Å². The van der Waals surface area contributed by atoms with Gasteiger partial charge >= 0.3 is 0 Å². The number of likely N-dealkylation sites (tertiary alicyclic amines) is 1. The molecule has 5 heterocycles. The lowest BCUT2D eigenvalue weighted by atomic mass is 10.0. The second kappa shape index (κ2) is 9.31. The van der Waals surface area contributed by atoms with E-state index in [1.165, 1.54) is 23.3 Å². The Morgan fingerprint density at radius 3 is 2.94 bits per heavy atom. The Bertz CT molecular complexity index is 1230. The third kappa shape index (κ3) is 4.12. The lowest BCUT2D eigenvalue weighted by Gasteiger charge is -2.46. The number of morpholine rings is 1. The number of aromatic nitrogens is 4. The predicted molar refractivity (Wildman–Crippen MR) is 135 cm³/mol. The Labute approximate surface area is 203 Å². The van der Waals surface area contributed by atoms with E-state index in [-0.39, 0.29) is 12.3 Å². The molecular formula is C25H31N7OS.